The lowest BCUT2D eigenvalue weighted by Gasteiger charge is -2.10. The van der Waals surface area contributed by atoms with Gasteiger partial charge in [0, 0.05) is 11.1 Å². The number of amides is 1. The Hall–Kier alpha value is -1.81. The lowest BCUT2D eigenvalue weighted by atomic mass is 9.95. The molecule has 0 atom stereocenters. The molecular formula is C15H18N2O2. The summed E-state index contributed by atoms with van der Waals surface area (Å²) < 4.78 is 0. The van der Waals surface area contributed by atoms with Crippen molar-refractivity contribution in [3.63, 3.8) is 0 Å². The van der Waals surface area contributed by atoms with Crippen LogP contribution >= 0.6 is 0 Å². The zero-order valence-electron chi connectivity index (χ0n) is 11.1. The number of fused-ring (bicyclic) bond motifs is 3. The minimum Gasteiger partial charge on any atom is -0.358 e. The molecule has 0 saturated heterocycles. The molecule has 19 heavy (non-hydrogen) atoms. The molecule has 0 fully saturated rings. The summed E-state index contributed by atoms with van der Waals surface area (Å²) in [5.41, 5.74) is 6.72. The Kier molecular flexibility index (Phi) is 3.25. The maximum atomic E-state index is 12.1. The molecule has 1 aliphatic carbocycles. The van der Waals surface area contributed by atoms with Crippen LogP contribution in [-0.2, 0) is 17.7 Å². The van der Waals surface area contributed by atoms with Crippen LogP contribution in [0.25, 0.3) is 10.9 Å². The van der Waals surface area contributed by atoms with E-state index in [-0.39, 0.29) is 5.91 Å². The van der Waals surface area contributed by atoms with Crippen LogP contribution in [0.2, 0.25) is 0 Å². The Morgan fingerprint density at radius 1 is 1.37 bits per heavy atom. The van der Waals surface area contributed by atoms with Crippen molar-refractivity contribution in [1.82, 2.24) is 10.5 Å². The van der Waals surface area contributed by atoms with Crippen molar-refractivity contribution in [3.8, 4) is 0 Å². The van der Waals surface area contributed by atoms with Crippen LogP contribution in [0, 0.1) is 0 Å². The van der Waals surface area contributed by atoms with Crippen molar-refractivity contribution in [3.05, 3.63) is 35.0 Å². The molecule has 0 aliphatic heterocycles. The van der Waals surface area contributed by atoms with Gasteiger partial charge in [0.25, 0.3) is 5.91 Å². The molecule has 2 N–H and O–H groups in total. The number of carbonyl (C=O) groups excluding carboxylic acids is 1. The van der Waals surface area contributed by atoms with E-state index in [2.05, 4.69) is 16.5 Å². The summed E-state index contributed by atoms with van der Waals surface area (Å²) in [5, 5.41) is 1.18. The summed E-state index contributed by atoms with van der Waals surface area (Å²) in [6.07, 6.45) is 4.64. The van der Waals surface area contributed by atoms with Gasteiger partial charge in [-0.05, 0) is 44.2 Å². The number of aromatic amines is 1. The summed E-state index contributed by atoms with van der Waals surface area (Å²) in [6, 6.07) is 5.86. The molecule has 1 amide bonds. The van der Waals surface area contributed by atoms with Crippen LogP contribution in [0.5, 0.6) is 0 Å². The predicted molar refractivity (Wildman–Crippen MR) is 74.0 cm³/mol. The van der Waals surface area contributed by atoms with Crippen LogP contribution in [0.3, 0.4) is 0 Å². The molecule has 4 heteroatoms. The molecule has 1 aromatic carbocycles. The molecule has 100 valence electrons. The third kappa shape index (κ3) is 2.12. The second-order valence-corrected chi connectivity index (χ2v) is 4.88. The Labute approximate surface area is 112 Å². The number of aryl methyl sites for hydroxylation is 2. The largest absolute Gasteiger partial charge is 0.358 e. The van der Waals surface area contributed by atoms with Gasteiger partial charge in [-0.1, -0.05) is 12.1 Å². The first-order chi connectivity index (χ1) is 9.31. The van der Waals surface area contributed by atoms with E-state index in [4.69, 9.17) is 4.84 Å². The lowest BCUT2D eigenvalue weighted by molar-refractivity contribution is 0.0366. The van der Waals surface area contributed by atoms with Gasteiger partial charge >= 0.3 is 0 Å². The summed E-state index contributed by atoms with van der Waals surface area (Å²) in [7, 11) is 0. The maximum absolute atomic E-state index is 12.1. The molecule has 4 nitrogen and oxygen atoms in total. The highest BCUT2D eigenvalue weighted by Gasteiger charge is 2.19. The van der Waals surface area contributed by atoms with Crippen LogP contribution in [0.1, 0.15) is 41.4 Å². The first-order valence-corrected chi connectivity index (χ1v) is 6.86. The molecule has 0 saturated carbocycles. The minimum absolute atomic E-state index is 0.189. The molecule has 0 spiro atoms. The number of hydroxylamine groups is 1. The second kappa shape index (κ2) is 5.05. The highest BCUT2D eigenvalue weighted by Crippen LogP contribution is 2.30. The second-order valence-electron chi connectivity index (χ2n) is 4.88. The lowest BCUT2D eigenvalue weighted by Crippen LogP contribution is -2.23. The number of para-hydroxylation sites is 1. The third-order valence-electron chi connectivity index (χ3n) is 3.69. The Balaban J connectivity index is 2.06. The van der Waals surface area contributed by atoms with Crippen LogP contribution in [-0.4, -0.2) is 17.5 Å². The van der Waals surface area contributed by atoms with Gasteiger partial charge in [-0.15, -0.1) is 0 Å². The molecule has 2 aromatic rings. The van der Waals surface area contributed by atoms with Gasteiger partial charge in [-0.25, -0.2) is 5.48 Å². The molecular weight excluding hydrogens is 240 g/mol. The van der Waals surface area contributed by atoms with Gasteiger partial charge in [0.1, 0.15) is 0 Å². The van der Waals surface area contributed by atoms with E-state index in [0.717, 1.165) is 18.4 Å². The molecule has 1 aromatic heterocycles. The van der Waals surface area contributed by atoms with E-state index in [1.165, 1.54) is 29.5 Å². The van der Waals surface area contributed by atoms with Gasteiger partial charge in [0.05, 0.1) is 17.7 Å². The predicted octanol–water partition coefficient (Wildman–Crippen LogP) is 2.73. The normalized spacial score (nSPS) is 14.4. The van der Waals surface area contributed by atoms with Gasteiger partial charge in [0.2, 0.25) is 0 Å². The Morgan fingerprint density at radius 2 is 2.21 bits per heavy atom. The monoisotopic (exact) mass is 258 g/mol. The van der Waals surface area contributed by atoms with Crippen LogP contribution in [0.4, 0.5) is 0 Å². The molecule has 3 rings (SSSR count). The average molecular weight is 258 g/mol. The number of carbonyl (C=O) groups is 1. The highest BCUT2D eigenvalue weighted by atomic mass is 16.6. The SMILES string of the molecule is CCONC(=O)c1cccc2c3c([nH]c12)CCCC3. The third-order valence-corrected chi connectivity index (χ3v) is 3.69. The van der Waals surface area contributed by atoms with Crippen molar-refractivity contribution in [2.75, 3.05) is 6.61 Å². The quantitative estimate of drug-likeness (QED) is 0.832. The van der Waals surface area contributed by atoms with Crippen molar-refractivity contribution < 1.29 is 9.63 Å². The van der Waals surface area contributed by atoms with E-state index in [9.17, 15) is 4.79 Å². The molecule has 1 aliphatic rings. The number of rotatable bonds is 3. The Morgan fingerprint density at radius 3 is 3.05 bits per heavy atom. The van der Waals surface area contributed by atoms with E-state index in [1.54, 1.807) is 0 Å². The summed E-state index contributed by atoms with van der Waals surface area (Å²) in [5.74, 6) is -0.189. The fourth-order valence-corrected chi connectivity index (χ4v) is 2.81. The first kappa shape index (κ1) is 12.2. The number of aromatic nitrogens is 1. The smallest absolute Gasteiger partial charge is 0.276 e. The fourth-order valence-electron chi connectivity index (χ4n) is 2.81. The standard InChI is InChI=1S/C15H18N2O2/c1-2-19-17-15(18)12-8-5-7-11-10-6-3-4-9-13(10)16-14(11)12/h5,7-8,16H,2-4,6,9H2,1H3,(H,17,18). The minimum atomic E-state index is -0.189. The number of hydrogen-bond acceptors (Lipinski definition) is 2. The van der Waals surface area contributed by atoms with Gasteiger partial charge < -0.3 is 4.98 Å². The van der Waals surface area contributed by atoms with Gasteiger partial charge in [-0.3, -0.25) is 9.63 Å². The van der Waals surface area contributed by atoms with Crippen molar-refractivity contribution >= 4 is 16.8 Å². The highest BCUT2D eigenvalue weighted by molar-refractivity contribution is 6.06. The van der Waals surface area contributed by atoms with E-state index < -0.39 is 0 Å². The van der Waals surface area contributed by atoms with E-state index in [0.29, 0.717) is 12.2 Å². The maximum Gasteiger partial charge on any atom is 0.276 e. The van der Waals surface area contributed by atoms with Crippen molar-refractivity contribution in [1.29, 1.82) is 0 Å². The molecule has 0 bridgehead atoms. The zero-order chi connectivity index (χ0) is 13.2. The number of nitrogens with one attached hydrogen (secondary N) is 2. The molecule has 0 radical (unpaired) electrons. The number of hydrogen-bond donors (Lipinski definition) is 2. The van der Waals surface area contributed by atoms with E-state index >= 15 is 0 Å². The zero-order valence-corrected chi connectivity index (χ0v) is 11.1. The summed E-state index contributed by atoms with van der Waals surface area (Å²) >= 11 is 0. The number of benzene rings is 1. The summed E-state index contributed by atoms with van der Waals surface area (Å²) in [4.78, 5) is 20.5. The molecule has 1 heterocycles. The van der Waals surface area contributed by atoms with Gasteiger partial charge in [0.15, 0.2) is 0 Å². The van der Waals surface area contributed by atoms with Crippen molar-refractivity contribution in [2.45, 2.75) is 32.6 Å². The average Bonchev–Trinajstić information content (AvgIpc) is 2.83. The van der Waals surface area contributed by atoms with E-state index in [1.807, 2.05) is 19.1 Å². The molecule has 0 unspecified atom stereocenters. The van der Waals surface area contributed by atoms with Crippen LogP contribution < -0.4 is 5.48 Å². The summed E-state index contributed by atoms with van der Waals surface area (Å²) in [6.45, 7) is 2.30. The topological polar surface area (TPSA) is 54.1 Å². The van der Waals surface area contributed by atoms with Crippen LogP contribution in [0.15, 0.2) is 18.2 Å². The Bertz CT molecular complexity index is 616. The van der Waals surface area contributed by atoms with Crippen molar-refractivity contribution in [2.24, 2.45) is 0 Å². The van der Waals surface area contributed by atoms with Gasteiger partial charge in [-0.2, -0.15) is 0 Å². The number of H-pyrrole nitrogens is 1. The fraction of sp³-hybridized carbons (Fsp3) is 0.400. The first-order valence-electron chi connectivity index (χ1n) is 6.86.